The van der Waals surface area contributed by atoms with E-state index in [9.17, 15) is 37.7 Å². The second-order valence-corrected chi connectivity index (χ2v) is 25.8. The van der Waals surface area contributed by atoms with Gasteiger partial charge in [0.25, 0.3) is 21.6 Å². The number of rotatable bonds is 12. The normalized spacial score (nSPS) is 26.5. The minimum Gasteiger partial charge on any atom is -0.489 e. The highest BCUT2D eigenvalue weighted by molar-refractivity contribution is 7.90. The van der Waals surface area contributed by atoms with Gasteiger partial charge >= 0.3 is 7.82 Å². The van der Waals surface area contributed by atoms with Crippen LogP contribution < -0.4 is 29.3 Å². The lowest BCUT2D eigenvalue weighted by Crippen LogP contribution is -2.58. The summed E-state index contributed by atoms with van der Waals surface area (Å²) >= 11 is 0. The molecule has 5 aromatic rings. The van der Waals surface area contributed by atoms with E-state index in [0.29, 0.717) is 80.2 Å². The molecule has 1 spiro atoms. The first-order chi connectivity index (χ1) is 37.3. The Morgan fingerprint density at radius 1 is 0.949 bits per heavy atom. The quantitative estimate of drug-likeness (QED) is 0.0446. The number of nitrogens with zero attached hydrogens (tertiary/aromatic N) is 5. The summed E-state index contributed by atoms with van der Waals surface area (Å²) < 4.78 is 72.5. The van der Waals surface area contributed by atoms with Gasteiger partial charge in [0.2, 0.25) is 5.88 Å². The van der Waals surface area contributed by atoms with Gasteiger partial charge in [0, 0.05) is 61.7 Å². The van der Waals surface area contributed by atoms with Crippen LogP contribution in [0.4, 0.5) is 28.4 Å². The minimum atomic E-state index is -4.78. The van der Waals surface area contributed by atoms with Crippen LogP contribution in [0.25, 0.3) is 11.0 Å². The van der Waals surface area contributed by atoms with E-state index in [0.717, 1.165) is 69.1 Å². The minimum absolute atomic E-state index is 0.00361. The molecule has 2 aliphatic carbocycles. The van der Waals surface area contributed by atoms with Crippen LogP contribution in [0.1, 0.15) is 112 Å². The number of hydrogen-bond acceptors (Lipinski definition) is 16. The summed E-state index contributed by atoms with van der Waals surface area (Å²) in [5.74, 6) is -0.351. The van der Waals surface area contributed by atoms with Crippen molar-refractivity contribution < 1.29 is 56.0 Å². The summed E-state index contributed by atoms with van der Waals surface area (Å²) in [6.07, 6.45) is 7.76. The van der Waals surface area contributed by atoms with Crippen molar-refractivity contribution in [3.63, 3.8) is 0 Å². The second kappa shape index (κ2) is 20.4. The Hall–Kier alpha value is -5.84. The number of nitrogens with one attached hydrogen (secondary N) is 3. The van der Waals surface area contributed by atoms with Crippen molar-refractivity contribution in [1.29, 1.82) is 0 Å². The van der Waals surface area contributed by atoms with E-state index < -0.39 is 57.0 Å². The van der Waals surface area contributed by atoms with Gasteiger partial charge in [-0.15, -0.1) is 0 Å². The van der Waals surface area contributed by atoms with E-state index in [1.54, 1.807) is 19.2 Å². The zero-order valence-electron chi connectivity index (χ0n) is 44.0. The van der Waals surface area contributed by atoms with Gasteiger partial charge in [-0.25, -0.2) is 17.7 Å². The maximum absolute atomic E-state index is 14.9. The van der Waals surface area contributed by atoms with Crippen molar-refractivity contribution in [2.75, 3.05) is 67.8 Å². The smallest absolute Gasteiger partial charge is 0.470 e. The van der Waals surface area contributed by atoms with Crippen LogP contribution in [0, 0.1) is 21.4 Å². The number of ether oxygens (including phenoxy) is 4. The van der Waals surface area contributed by atoms with Crippen molar-refractivity contribution >= 4 is 63.2 Å². The molecule has 7 aliphatic rings. The first-order valence-electron chi connectivity index (χ1n) is 27.2. The zero-order chi connectivity index (χ0) is 54.3. The number of amides is 1. The number of carbonyl (C=O) groups is 1. The Bertz CT molecular complexity index is 3290. The number of hydrogen-bond donors (Lipinski definition) is 5. The molecule has 7 heterocycles. The van der Waals surface area contributed by atoms with Crippen molar-refractivity contribution in [3.05, 3.63) is 99.7 Å². The summed E-state index contributed by atoms with van der Waals surface area (Å²) in [5.41, 5.74) is 3.98. The van der Waals surface area contributed by atoms with Crippen LogP contribution in [-0.4, -0.2) is 126 Å². The van der Waals surface area contributed by atoms with Crippen LogP contribution in [0.3, 0.4) is 0 Å². The molecule has 78 heavy (non-hydrogen) atoms. The summed E-state index contributed by atoms with van der Waals surface area (Å²) in [6.45, 7) is 10.8. The molecular formula is C55H67N8O13PS. The van der Waals surface area contributed by atoms with Crippen LogP contribution >= 0.6 is 7.82 Å². The number of carbonyl (C=O) groups excluding carboxylic acids is 1. The van der Waals surface area contributed by atoms with E-state index in [2.05, 4.69) is 62.9 Å². The Morgan fingerprint density at radius 2 is 1.72 bits per heavy atom. The van der Waals surface area contributed by atoms with E-state index >= 15 is 0 Å². The van der Waals surface area contributed by atoms with Crippen molar-refractivity contribution in [2.45, 2.75) is 125 Å². The molecule has 5 fully saturated rings. The van der Waals surface area contributed by atoms with Gasteiger partial charge < -0.3 is 48.8 Å². The SMILES string of the molecule is CC(C)c1ccccc1[C@@H]1COCCN1C1CC2(CCN(c3ccc(C(=O)NS(=O)(=O)c4cc5c(c([N+](=O)[O-])c4)N[C@H](C4CCC(C)(OP(=O)(O)O)CC4)CO5)c(N4c5cc6cc[nH]c6nc5O[C@H]5COCC[C@@H]54)c3)CC2)C1. The monoisotopic (exact) mass is 1110 g/mol. The first kappa shape index (κ1) is 52.8. The number of sulfonamides is 1. The Labute approximate surface area is 452 Å². The summed E-state index contributed by atoms with van der Waals surface area (Å²) in [4.78, 5) is 60.3. The highest BCUT2D eigenvalue weighted by Crippen LogP contribution is 2.54. The summed E-state index contributed by atoms with van der Waals surface area (Å²) in [6, 6.07) is 20.2. The number of aromatic amines is 1. The number of piperidine rings is 1. The fourth-order valence-electron chi connectivity index (χ4n) is 13.6. The van der Waals surface area contributed by atoms with E-state index in [1.807, 2.05) is 29.2 Å². The maximum Gasteiger partial charge on any atom is 0.470 e. The van der Waals surface area contributed by atoms with Gasteiger partial charge in [0.05, 0.1) is 64.6 Å². The Morgan fingerprint density at radius 3 is 2.47 bits per heavy atom. The molecule has 4 atom stereocenters. The van der Waals surface area contributed by atoms with Crippen molar-refractivity contribution in [2.24, 2.45) is 11.3 Å². The molecule has 2 aromatic heterocycles. The molecule has 21 nitrogen and oxygen atoms in total. The van der Waals surface area contributed by atoms with Gasteiger partial charge in [-0.05, 0) is 123 Å². The van der Waals surface area contributed by atoms with Crippen LogP contribution in [0.5, 0.6) is 11.6 Å². The molecule has 5 N–H and O–H groups in total. The number of phosphoric acid groups is 1. The third-order valence-electron chi connectivity index (χ3n) is 17.8. The number of nitro groups is 1. The van der Waals surface area contributed by atoms with E-state index in [-0.39, 0.29) is 53.6 Å². The lowest BCUT2D eigenvalue weighted by molar-refractivity contribution is -0.384. The summed E-state index contributed by atoms with van der Waals surface area (Å²) in [7, 11) is -9.51. The second-order valence-electron chi connectivity index (χ2n) is 23.0. The zero-order valence-corrected chi connectivity index (χ0v) is 45.7. The molecular weight excluding hydrogens is 1040 g/mol. The van der Waals surface area contributed by atoms with Crippen LogP contribution in [0.2, 0.25) is 0 Å². The number of H-pyrrole nitrogens is 1. The predicted octanol–water partition coefficient (Wildman–Crippen LogP) is 8.45. The van der Waals surface area contributed by atoms with Gasteiger partial charge in [-0.1, -0.05) is 38.1 Å². The molecule has 12 rings (SSSR count). The Kier molecular flexibility index (Phi) is 13.8. The average molecular weight is 1110 g/mol. The molecule has 3 aromatic carbocycles. The fraction of sp³-hybridized carbons (Fsp3) is 0.527. The van der Waals surface area contributed by atoms with Gasteiger partial charge in [-0.3, -0.25) is 24.3 Å². The predicted molar refractivity (Wildman–Crippen MR) is 290 cm³/mol. The van der Waals surface area contributed by atoms with E-state index in [4.69, 9.17) is 28.5 Å². The average Bonchev–Trinajstić information content (AvgIpc) is 4.04. The number of aromatic nitrogens is 2. The van der Waals surface area contributed by atoms with Gasteiger partial charge in [0.1, 0.15) is 24.0 Å². The third kappa shape index (κ3) is 10.1. The number of anilines is 4. The Balaban J connectivity index is 0.814. The topological polar surface area (TPSA) is 260 Å². The molecule has 416 valence electrons. The third-order valence-corrected chi connectivity index (χ3v) is 19.8. The largest absolute Gasteiger partial charge is 0.489 e. The number of phosphoric ester groups is 1. The highest BCUT2D eigenvalue weighted by Gasteiger charge is 2.50. The van der Waals surface area contributed by atoms with Crippen molar-refractivity contribution in [1.82, 2.24) is 19.6 Å². The number of benzene rings is 3. The standard InChI is InChI=1S/C55H67N8O13PS/c1-33(2)39-6-4-5-7-40(39)47-31-73-23-21-61(47)37-28-55(29-37)16-19-60(20-17-55)36-8-9-41(44(25-36)62-43-13-22-72-32-49(43)75-53-46(62)24-35-12-18-56-51(35)58-53)52(64)59-78(70,71)38-26-45(63(65)66)50-48(27-38)74-30-42(57-50)34-10-14-54(3,15-11-34)76-77(67,68)69/h4-9,12,18,24-27,33-34,37,42-43,47,49,57H,10-11,13-17,19-23,28-32H2,1-3H3,(H,56,58)(H,59,64)(H2,67,68,69)/t34?,42-,43-,47-,49-,54?/m0/s1. The number of nitro benzene ring substituents is 1. The fourth-order valence-corrected chi connectivity index (χ4v) is 15.4. The number of pyridine rings is 1. The molecule has 0 radical (unpaired) electrons. The molecule has 0 unspecified atom stereocenters. The molecule has 23 heteroatoms. The first-order valence-corrected chi connectivity index (χ1v) is 30.2. The number of fused-ring (bicyclic) bond motifs is 4. The van der Waals surface area contributed by atoms with Gasteiger partial charge in [0.15, 0.2) is 11.4 Å². The summed E-state index contributed by atoms with van der Waals surface area (Å²) in [5, 5.41) is 16.7. The van der Waals surface area contributed by atoms with Crippen LogP contribution in [0.15, 0.2) is 77.8 Å². The maximum atomic E-state index is 14.9. The molecule has 5 aliphatic heterocycles. The number of morpholine rings is 1. The van der Waals surface area contributed by atoms with E-state index in [1.165, 1.54) is 17.2 Å². The van der Waals surface area contributed by atoms with Crippen LogP contribution in [-0.2, 0) is 28.6 Å². The van der Waals surface area contributed by atoms with Gasteiger partial charge in [-0.2, -0.15) is 4.98 Å². The highest BCUT2D eigenvalue weighted by atomic mass is 32.2. The lowest BCUT2D eigenvalue weighted by atomic mass is 9.59. The van der Waals surface area contributed by atoms with Crippen molar-refractivity contribution in [3.8, 4) is 11.6 Å². The lowest BCUT2D eigenvalue weighted by Gasteiger charge is -2.57. The molecule has 0 bridgehead atoms. The molecule has 2 saturated carbocycles. The molecule has 1 amide bonds. The molecule has 3 saturated heterocycles.